The van der Waals surface area contributed by atoms with Crippen LogP contribution < -0.4 is 10.3 Å². The van der Waals surface area contributed by atoms with Gasteiger partial charge in [-0.25, -0.2) is 4.98 Å². The SMILES string of the molecule is C#CCOc1ccc(-n2c(C)cc(C=Nn3c([C@@H](C)CC)nc4ccc(Br)cc4c3=O)c2C)cc1. The van der Waals surface area contributed by atoms with E-state index in [1.54, 1.807) is 12.3 Å². The van der Waals surface area contributed by atoms with Gasteiger partial charge in [0, 0.05) is 33.0 Å². The number of benzene rings is 2. The van der Waals surface area contributed by atoms with E-state index in [0.29, 0.717) is 16.7 Å². The summed E-state index contributed by atoms with van der Waals surface area (Å²) in [6.45, 7) is 8.44. The molecule has 1 atom stereocenters. The number of rotatable bonds is 7. The molecule has 7 heteroatoms. The fourth-order valence-electron chi connectivity index (χ4n) is 4.03. The summed E-state index contributed by atoms with van der Waals surface area (Å²) in [6, 6.07) is 15.4. The van der Waals surface area contributed by atoms with Crippen LogP contribution in [0.3, 0.4) is 0 Å². The molecule has 0 aliphatic rings. The summed E-state index contributed by atoms with van der Waals surface area (Å²) in [5.74, 6) is 3.93. The number of ether oxygens (including phenoxy) is 1. The Morgan fingerprint density at radius 3 is 2.63 bits per heavy atom. The van der Waals surface area contributed by atoms with Crippen molar-refractivity contribution in [1.29, 1.82) is 0 Å². The largest absolute Gasteiger partial charge is 0.481 e. The summed E-state index contributed by atoms with van der Waals surface area (Å²) in [5, 5.41) is 5.16. The molecule has 0 amide bonds. The third-order valence-electron chi connectivity index (χ3n) is 6.09. The average Bonchev–Trinajstić information content (AvgIpc) is 3.14. The summed E-state index contributed by atoms with van der Waals surface area (Å²) in [6.07, 6.45) is 7.85. The van der Waals surface area contributed by atoms with Gasteiger partial charge in [-0.15, -0.1) is 6.42 Å². The number of terminal acetylenes is 1. The Labute approximate surface area is 213 Å². The lowest BCUT2D eigenvalue weighted by Crippen LogP contribution is -2.23. The van der Waals surface area contributed by atoms with Crippen LogP contribution >= 0.6 is 15.9 Å². The van der Waals surface area contributed by atoms with Crippen LogP contribution in [0.25, 0.3) is 16.6 Å². The Morgan fingerprint density at radius 1 is 1.20 bits per heavy atom. The van der Waals surface area contributed by atoms with E-state index in [0.717, 1.165) is 39.3 Å². The smallest absolute Gasteiger partial charge is 0.282 e. The third kappa shape index (κ3) is 4.94. The van der Waals surface area contributed by atoms with Crippen LogP contribution in [0.4, 0.5) is 0 Å². The molecule has 0 fully saturated rings. The molecule has 0 bridgehead atoms. The molecule has 4 aromatic rings. The number of nitrogens with zero attached hydrogens (tertiary/aromatic N) is 4. The molecule has 0 aliphatic carbocycles. The van der Waals surface area contributed by atoms with Gasteiger partial charge in [0.1, 0.15) is 18.2 Å². The van der Waals surface area contributed by atoms with Gasteiger partial charge in [-0.05, 0) is 68.8 Å². The minimum Gasteiger partial charge on any atom is -0.481 e. The fraction of sp³-hybridized carbons (Fsp3) is 0.250. The van der Waals surface area contributed by atoms with Crippen LogP contribution in [0.2, 0.25) is 0 Å². The fourth-order valence-corrected chi connectivity index (χ4v) is 4.39. The normalized spacial score (nSPS) is 12.2. The van der Waals surface area contributed by atoms with Gasteiger partial charge in [0.2, 0.25) is 0 Å². The molecular weight excluding hydrogens is 504 g/mol. The molecule has 0 N–H and O–H groups in total. The van der Waals surface area contributed by atoms with Gasteiger partial charge >= 0.3 is 0 Å². The lowest BCUT2D eigenvalue weighted by molar-refractivity contribution is 0.370. The molecule has 6 nitrogen and oxygen atoms in total. The van der Waals surface area contributed by atoms with Crippen molar-refractivity contribution in [2.75, 3.05) is 6.61 Å². The minimum atomic E-state index is -0.181. The highest BCUT2D eigenvalue weighted by Gasteiger charge is 2.16. The topological polar surface area (TPSA) is 61.4 Å². The first-order valence-electron chi connectivity index (χ1n) is 11.5. The predicted molar refractivity (Wildman–Crippen MR) is 145 cm³/mol. The summed E-state index contributed by atoms with van der Waals surface area (Å²) < 4.78 is 9.89. The molecule has 178 valence electrons. The minimum absolute atomic E-state index is 0.0792. The molecule has 4 rings (SSSR count). The molecule has 0 unspecified atom stereocenters. The summed E-state index contributed by atoms with van der Waals surface area (Å²) >= 11 is 3.45. The quantitative estimate of drug-likeness (QED) is 0.218. The van der Waals surface area contributed by atoms with Crippen molar-refractivity contribution in [3.63, 3.8) is 0 Å². The number of aromatic nitrogens is 3. The van der Waals surface area contributed by atoms with E-state index in [1.165, 1.54) is 4.68 Å². The Morgan fingerprint density at radius 2 is 1.94 bits per heavy atom. The Kier molecular flexibility index (Phi) is 7.23. The molecule has 0 saturated heterocycles. The molecule has 2 aromatic heterocycles. The summed E-state index contributed by atoms with van der Waals surface area (Å²) in [4.78, 5) is 18.2. The van der Waals surface area contributed by atoms with Crippen molar-refractivity contribution in [3.05, 3.63) is 86.1 Å². The average molecular weight is 531 g/mol. The summed E-state index contributed by atoms with van der Waals surface area (Å²) in [7, 11) is 0. The van der Waals surface area contributed by atoms with Crippen molar-refractivity contribution in [2.45, 2.75) is 40.0 Å². The zero-order chi connectivity index (χ0) is 25.1. The second-order valence-electron chi connectivity index (χ2n) is 8.45. The molecular formula is C28H27BrN4O2. The third-order valence-corrected chi connectivity index (χ3v) is 6.58. The number of hydrogen-bond donors (Lipinski definition) is 0. The van der Waals surface area contributed by atoms with Gasteiger partial charge < -0.3 is 9.30 Å². The van der Waals surface area contributed by atoms with Crippen LogP contribution in [0, 0.1) is 26.2 Å². The first-order chi connectivity index (χ1) is 16.8. The Balaban J connectivity index is 1.75. The molecule has 2 heterocycles. The van der Waals surface area contributed by atoms with E-state index < -0.39 is 0 Å². The number of halogens is 1. The van der Waals surface area contributed by atoms with Crippen molar-refractivity contribution >= 4 is 33.0 Å². The molecule has 0 saturated carbocycles. The Bertz CT molecular complexity index is 1510. The number of aryl methyl sites for hydroxylation is 1. The van der Waals surface area contributed by atoms with Crippen LogP contribution in [-0.4, -0.2) is 27.0 Å². The van der Waals surface area contributed by atoms with Gasteiger partial charge in [-0.2, -0.15) is 9.78 Å². The van der Waals surface area contributed by atoms with E-state index in [1.807, 2.05) is 50.2 Å². The van der Waals surface area contributed by atoms with Gasteiger partial charge in [0.25, 0.3) is 5.56 Å². The van der Waals surface area contributed by atoms with Crippen LogP contribution in [0.15, 0.2) is 62.9 Å². The second kappa shape index (κ2) is 10.3. The van der Waals surface area contributed by atoms with Crippen LogP contribution in [-0.2, 0) is 0 Å². The standard InChI is InChI=1S/C28H27BrN4O2/c1-6-14-35-24-11-9-23(10-12-24)32-19(4)15-21(20(32)5)17-30-33-27(18(3)7-2)31-26-13-8-22(29)16-25(26)28(33)34/h1,8-13,15-18H,7,14H2,2-5H3/t18-/m0/s1. The zero-order valence-corrected chi connectivity index (χ0v) is 21.8. The lowest BCUT2D eigenvalue weighted by Gasteiger charge is -2.14. The van der Waals surface area contributed by atoms with E-state index in [-0.39, 0.29) is 18.1 Å². The highest BCUT2D eigenvalue weighted by atomic mass is 79.9. The van der Waals surface area contributed by atoms with Gasteiger partial charge in [0.05, 0.1) is 17.1 Å². The highest BCUT2D eigenvalue weighted by molar-refractivity contribution is 9.10. The predicted octanol–water partition coefficient (Wildman–Crippen LogP) is 5.97. The Hall–Kier alpha value is -3.63. The first-order valence-corrected chi connectivity index (χ1v) is 12.3. The van der Waals surface area contributed by atoms with E-state index in [9.17, 15) is 4.79 Å². The van der Waals surface area contributed by atoms with E-state index in [4.69, 9.17) is 16.1 Å². The molecule has 0 spiro atoms. The van der Waals surface area contributed by atoms with Crippen molar-refractivity contribution in [1.82, 2.24) is 14.2 Å². The first kappa shape index (κ1) is 24.5. The van der Waals surface area contributed by atoms with E-state index in [2.05, 4.69) is 51.4 Å². The highest BCUT2D eigenvalue weighted by Crippen LogP contribution is 2.23. The van der Waals surface area contributed by atoms with Crippen LogP contribution in [0.1, 0.15) is 49.0 Å². The zero-order valence-electron chi connectivity index (χ0n) is 20.2. The molecule has 0 radical (unpaired) electrons. The maximum absolute atomic E-state index is 13.4. The maximum Gasteiger partial charge on any atom is 0.282 e. The second-order valence-corrected chi connectivity index (χ2v) is 9.37. The van der Waals surface area contributed by atoms with Gasteiger partial charge in [-0.3, -0.25) is 4.79 Å². The molecule has 0 aliphatic heterocycles. The maximum atomic E-state index is 13.4. The molecule has 2 aromatic carbocycles. The number of hydrogen-bond acceptors (Lipinski definition) is 4. The lowest BCUT2D eigenvalue weighted by atomic mass is 10.1. The van der Waals surface area contributed by atoms with Crippen molar-refractivity contribution in [3.8, 4) is 23.8 Å². The summed E-state index contributed by atoms with van der Waals surface area (Å²) in [5.41, 5.74) is 4.48. The van der Waals surface area contributed by atoms with Crippen LogP contribution in [0.5, 0.6) is 5.75 Å². The van der Waals surface area contributed by atoms with Gasteiger partial charge in [0.15, 0.2) is 0 Å². The van der Waals surface area contributed by atoms with Crippen molar-refractivity contribution < 1.29 is 4.74 Å². The van der Waals surface area contributed by atoms with Crippen molar-refractivity contribution in [2.24, 2.45) is 5.10 Å². The van der Waals surface area contributed by atoms with E-state index >= 15 is 0 Å². The van der Waals surface area contributed by atoms with Gasteiger partial charge in [-0.1, -0.05) is 35.7 Å². The number of fused-ring (bicyclic) bond motifs is 1. The monoisotopic (exact) mass is 530 g/mol. The molecule has 35 heavy (non-hydrogen) atoms.